The summed E-state index contributed by atoms with van der Waals surface area (Å²) in [6.07, 6.45) is 0. The normalized spacial score (nSPS) is 11.2. The maximum Gasteiger partial charge on any atom is 0.264 e. The van der Waals surface area contributed by atoms with Crippen LogP contribution in [0.4, 0.5) is 10.1 Å². The molecule has 0 aliphatic carbocycles. The monoisotopic (exact) mass is 362 g/mol. The Hall–Kier alpha value is -1.83. The number of rotatable bonds is 4. The van der Waals surface area contributed by atoms with Gasteiger partial charge >= 0.3 is 0 Å². The number of amides is 1. The number of hydrogen-bond acceptors (Lipinski definition) is 3. The van der Waals surface area contributed by atoms with Gasteiger partial charge in [-0.3, -0.25) is 9.52 Å². The van der Waals surface area contributed by atoms with Gasteiger partial charge in [0, 0.05) is 5.56 Å². The van der Waals surface area contributed by atoms with E-state index in [9.17, 15) is 17.6 Å². The van der Waals surface area contributed by atoms with Crippen molar-refractivity contribution in [2.24, 2.45) is 5.73 Å². The van der Waals surface area contributed by atoms with E-state index in [0.29, 0.717) is 0 Å². The molecule has 0 aliphatic rings. The number of carbonyl (C=O) groups excluding carboxylic acids is 1. The molecule has 5 nitrogen and oxygen atoms in total. The molecule has 0 fully saturated rings. The molecule has 1 amide bonds. The summed E-state index contributed by atoms with van der Waals surface area (Å²) in [5.41, 5.74) is 5.06. The molecule has 0 unspecified atom stereocenters. The second-order valence-corrected chi connectivity index (χ2v) is 6.68. The van der Waals surface area contributed by atoms with Crippen LogP contribution in [0.15, 0.2) is 41.3 Å². The molecule has 0 radical (unpaired) electrons. The number of sulfonamides is 1. The molecule has 0 aliphatic heterocycles. The summed E-state index contributed by atoms with van der Waals surface area (Å²) < 4.78 is 40.4. The summed E-state index contributed by atoms with van der Waals surface area (Å²) >= 11 is 11.4. The molecule has 2 rings (SSSR count). The van der Waals surface area contributed by atoms with E-state index in [4.69, 9.17) is 28.9 Å². The highest BCUT2D eigenvalue weighted by Crippen LogP contribution is 2.28. The number of nitrogens with one attached hydrogen (secondary N) is 1. The quantitative estimate of drug-likeness (QED) is 0.875. The van der Waals surface area contributed by atoms with Gasteiger partial charge in [-0.15, -0.1) is 0 Å². The van der Waals surface area contributed by atoms with E-state index in [1.165, 1.54) is 24.3 Å². The van der Waals surface area contributed by atoms with Crippen LogP contribution in [0.2, 0.25) is 10.0 Å². The average molecular weight is 363 g/mol. The average Bonchev–Trinajstić information content (AvgIpc) is 2.43. The molecule has 0 aromatic heterocycles. The van der Waals surface area contributed by atoms with Gasteiger partial charge in [0.2, 0.25) is 5.91 Å². The Labute approximate surface area is 135 Å². The zero-order valence-corrected chi connectivity index (χ0v) is 13.1. The lowest BCUT2D eigenvalue weighted by Crippen LogP contribution is -2.16. The van der Waals surface area contributed by atoms with Crippen molar-refractivity contribution in [1.29, 1.82) is 0 Å². The smallest absolute Gasteiger partial charge is 0.264 e. The van der Waals surface area contributed by atoms with E-state index in [1.54, 1.807) is 0 Å². The van der Waals surface area contributed by atoms with E-state index in [2.05, 4.69) is 4.72 Å². The Morgan fingerprint density at radius 3 is 2.45 bits per heavy atom. The molecule has 22 heavy (non-hydrogen) atoms. The molecule has 116 valence electrons. The number of primary amides is 1. The summed E-state index contributed by atoms with van der Waals surface area (Å²) in [4.78, 5) is 10.5. The first-order valence-electron chi connectivity index (χ1n) is 5.78. The topological polar surface area (TPSA) is 89.3 Å². The molecule has 0 spiro atoms. The van der Waals surface area contributed by atoms with Crippen LogP contribution in [0.1, 0.15) is 10.4 Å². The van der Waals surface area contributed by atoms with E-state index in [-0.39, 0.29) is 21.3 Å². The first-order valence-corrected chi connectivity index (χ1v) is 8.02. The summed E-state index contributed by atoms with van der Waals surface area (Å²) in [6, 6.07) is 7.36. The number of halogens is 3. The number of carbonyl (C=O) groups is 1. The van der Waals surface area contributed by atoms with Crippen molar-refractivity contribution in [2.45, 2.75) is 4.90 Å². The van der Waals surface area contributed by atoms with Crippen molar-refractivity contribution in [3.63, 3.8) is 0 Å². The second-order valence-electron chi connectivity index (χ2n) is 4.22. The van der Waals surface area contributed by atoms with Crippen LogP contribution >= 0.6 is 23.2 Å². The van der Waals surface area contributed by atoms with Gasteiger partial charge in [0.1, 0.15) is 4.90 Å². The van der Waals surface area contributed by atoms with Crippen LogP contribution in [-0.2, 0) is 10.0 Å². The summed E-state index contributed by atoms with van der Waals surface area (Å²) in [7, 11) is -4.28. The predicted octanol–water partition coefficient (Wildman–Crippen LogP) is 3.03. The lowest BCUT2D eigenvalue weighted by Gasteiger charge is -2.11. The second kappa shape index (κ2) is 6.12. The highest BCUT2D eigenvalue weighted by molar-refractivity contribution is 7.92. The van der Waals surface area contributed by atoms with E-state index >= 15 is 0 Å². The molecule has 3 N–H and O–H groups in total. The fraction of sp³-hybridized carbons (Fsp3) is 0. The zero-order chi connectivity index (χ0) is 16.5. The van der Waals surface area contributed by atoms with E-state index in [1.807, 2.05) is 0 Å². The van der Waals surface area contributed by atoms with Crippen LogP contribution < -0.4 is 10.5 Å². The van der Waals surface area contributed by atoms with Crippen LogP contribution in [0.5, 0.6) is 0 Å². The maximum atomic E-state index is 13.8. The molecule has 2 aromatic carbocycles. The van der Waals surface area contributed by atoms with Crippen molar-refractivity contribution in [2.75, 3.05) is 4.72 Å². The van der Waals surface area contributed by atoms with Gasteiger partial charge in [0.05, 0.1) is 15.7 Å². The zero-order valence-electron chi connectivity index (χ0n) is 10.8. The van der Waals surface area contributed by atoms with Crippen LogP contribution in [0, 0.1) is 5.82 Å². The van der Waals surface area contributed by atoms with Crippen LogP contribution in [0.25, 0.3) is 0 Å². The minimum Gasteiger partial charge on any atom is -0.366 e. The molecular weight excluding hydrogens is 354 g/mol. The van der Waals surface area contributed by atoms with Crippen molar-refractivity contribution >= 4 is 44.8 Å². The van der Waals surface area contributed by atoms with Gasteiger partial charge in [-0.25, -0.2) is 12.8 Å². The number of nitrogens with two attached hydrogens (primary N) is 1. The van der Waals surface area contributed by atoms with Gasteiger partial charge in [0.25, 0.3) is 10.0 Å². The van der Waals surface area contributed by atoms with Gasteiger partial charge in [0.15, 0.2) is 5.82 Å². The summed E-state index contributed by atoms with van der Waals surface area (Å²) in [5, 5.41) is -0.309. The lowest BCUT2D eigenvalue weighted by molar-refractivity contribution is 0.100. The Balaban J connectivity index is 2.47. The summed E-state index contributed by atoms with van der Waals surface area (Å²) in [6.45, 7) is 0. The first-order chi connectivity index (χ1) is 10.2. The standard InChI is InChI=1S/C13H9Cl2FN2O3S/c14-8-5-4-7(13(17)19)6-10(8)18-22(20,21)11-3-1-2-9(15)12(11)16/h1-6,18H,(H2,17,19). The van der Waals surface area contributed by atoms with Gasteiger partial charge in [-0.1, -0.05) is 29.3 Å². The lowest BCUT2D eigenvalue weighted by atomic mass is 10.2. The third kappa shape index (κ3) is 3.32. The first kappa shape index (κ1) is 16.5. The third-order valence-corrected chi connectivity index (χ3v) is 4.71. The molecular formula is C13H9Cl2FN2O3S. The fourth-order valence-corrected chi connectivity index (χ4v) is 3.27. The highest BCUT2D eigenvalue weighted by atomic mass is 35.5. The molecule has 0 heterocycles. The Morgan fingerprint density at radius 1 is 1.14 bits per heavy atom. The summed E-state index contributed by atoms with van der Waals surface area (Å²) in [5.74, 6) is -1.84. The van der Waals surface area contributed by atoms with E-state index in [0.717, 1.165) is 12.1 Å². The minimum absolute atomic E-state index is 0.0241. The SMILES string of the molecule is NC(=O)c1ccc(Cl)c(NS(=O)(=O)c2cccc(Cl)c2F)c1. The van der Waals surface area contributed by atoms with Crippen LogP contribution in [-0.4, -0.2) is 14.3 Å². The molecule has 0 saturated carbocycles. The predicted molar refractivity (Wildman–Crippen MR) is 82.2 cm³/mol. The maximum absolute atomic E-state index is 13.8. The molecule has 0 atom stereocenters. The number of benzene rings is 2. The number of hydrogen-bond donors (Lipinski definition) is 2. The number of anilines is 1. The Kier molecular flexibility index (Phi) is 4.60. The molecule has 2 aromatic rings. The Bertz CT molecular complexity index is 856. The fourth-order valence-electron chi connectivity index (χ4n) is 1.65. The van der Waals surface area contributed by atoms with Gasteiger partial charge in [-0.2, -0.15) is 0 Å². The van der Waals surface area contributed by atoms with Gasteiger partial charge in [-0.05, 0) is 30.3 Å². The molecule has 0 bridgehead atoms. The van der Waals surface area contributed by atoms with Crippen molar-refractivity contribution in [3.8, 4) is 0 Å². The van der Waals surface area contributed by atoms with Crippen LogP contribution in [0.3, 0.4) is 0 Å². The minimum atomic E-state index is -4.28. The van der Waals surface area contributed by atoms with Crippen molar-refractivity contribution < 1.29 is 17.6 Å². The van der Waals surface area contributed by atoms with E-state index < -0.39 is 26.6 Å². The largest absolute Gasteiger partial charge is 0.366 e. The van der Waals surface area contributed by atoms with Crippen molar-refractivity contribution in [1.82, 2.24) is 0 Å². The van der Waals surface area contributed by atoms with Gasteiger partial charge < -0.3 is 5.73 Å². The molecule has 9 heteroatoms. The molecule has 0 saturated heterocycles. The highest BCUT2D eigenvalue weighted by Gasteiger charge is 2.22. The third-order valence-electron chi connectivity index (χ3n) is 2.70. The van der Waals surface area contributed by atoms with Crippen molar-refractivity contribution in [3.05, 3.63) is 57.8 Å². The Morgan fingerprint density at radius 2 is 1.82 bits per heavy atom.